The van der Waals surface area contributed by atoms with Crippen molar-refractivity contribution in [3.63, 3.8) is 0 Å². The number of alkyl halides is 1. The van der Waals surface area contributed by atoms with Crippen LogP contribution in [0.15, 0.2) is 59.2 Å². The number of allylic oxidation sites excluding steroid dienone is 5. The minimum absolute atomic E-state index is 0.0533. The Morgan fingerprint density at radius 3 is 2.47 bits per heavy atom. The van der Waals surface area contributed by atoms with Crippen molar-refractivity contribution in [2.45, 2.75) is 51.8 Å². The van der Waals surface area contributed by atoms with E-state index in [0.717, 1.165) is 54.2 Å². The molecule has 1 N–H and O–H groups in total. The van der Waals surface area contributed by atoms with Gasteiger partial charge in [0, 0.05) is 32.9 Å². The standard InChI is InChI=1S/C26H31Cl3N4S/c1-5-8-18(9-6-2)25-31-32-26(34-25)23-17(4)33(22-14-12-21(29)13-15-22)24(30-23)19(16-27)10-11-20(28)7-3/h7,10-15,18,26,32H,3,5-6,8-9,16H2,1-2,4H3/b19-10+,20-11+. The van der Waals surface area contributed by atoms with Crippen LogP contribution in [0, 0.1) is 12.8 Å². The Hall–Kier alpha value is -1.66. The first-order valence-corrected chi connectivity index (χ1v) is 13.7. The van der Waals surface area contributed by atoms with Gasteiger partial charge in [0.05, 0.1) is 16.6 Å². The molecule has 0 saturated carbocycles. The van der Waals surface area contributed by atoms with E-state index in [1.165, 1.54) is 5.04 Å². The molecule has 1 atom stereocenters. The molecule has 1 aromatic carbocycles. The first-order valence-electron chi connectivity index (χ1n) is 11.5. The fourth-order valence-corrected chi connectivity index (χ4v) is 5.62. The van der Waals surface area contributed by atoms with Crippen molar-refractivity contribution < 1.29 is 0 Å². The third-order valence-electron chi connectivity index (χ3n) is 5.70. The van der Waals surface area contributed by atoms with Gasteiger partial charge in [-0.25, -0.2) is 4.98 Å². The van der Waals surface area contributed by atoms with E-state index in [1.54, 1.807) is 23.9 Å². The molecule has 8 heteroatoms. The predicted octanol–water partition coefficient (Wildman–Crippen LogP) is 8.63. The molecule has 1 aliphatic heterocycles. The fourth-order valence-electron chi connectivity index (χ4n) is 4.00. The van der Waals surface area contributed by atoms with Gasteiger partial charge in [-0.15, -0.1) is 11.6 Å². The number of nitrogens with zero attached hydrogens (tertiary/aromatic N) is 3. The highest BCUT2D eigenvalue weighted by molar-refractivity contribution is 8.14. The third kappa shape index (κ3) is 6.31. The molecular formula is C26H31Cl3N4S. The van der Waals surface area contributed by atoms with Crippen molar-refractivity contribution in [3.05, 3.63) is 76.3 Å². The zero-order valence-corrected chi connectivity index (χ0v) is 22.9. The minimum atomic E-state index is -0.0533. The Morgan fingerprint density at radius 1 is 1.21 bits per heavy atom. The average molecular weight is 538 g/mol. The van der Waals surface area contributed by atoms with Gasteiger partial charge in [0.15, 0.2) is 0 Å². The summed E-state index contributed by atoms with van der Waals surface area (Å²) >= 11 is 20.5. The Balaban J connectivity index is 2.04. The minimum Gasteiger partial charge on any atom is -0.297 e. The summed E-state index contributed by atoms with van der Waals surface area (Å²) in [5.41, 5.74) is 7.11. The number of benzene rings is 1. The number of halogens is 3. The zero-order valence-electron chi connectivity index (χ0n) is 19.8. The average Bonchev–Trinajstić information content (AvgIpc) is 3.45. The predicted molar refractivity (Wildman–Crippen MR) is 150 cm³/mol. The molecule has 2 aromatic rings. The summed E-state index contributed by atoms with van der Waals surface area (Å²) in [4.78, 5) is 5.07. The van der Waals surface area contributed by atoms with E-state index in [9.17, 15) is 0 Å². The van der Waals surface area contributed by atoms with Gasteiger partial charge in [-0.3, -0.25) is 9.99 Å². The SMILES string of the molecule is C=C/C(Cl)=C\C=C(/CCl)c1nc(C2NN=C(C(CCC)CCC)S2)c(C)n1-c1ccc(Cl)cc1. The number of thioether (sulfide) groups is 1. The summed E-state index contributed by atoms with van der Waals surface area (Å²) in [7, 11) is 0. The molecule has 0 spiro atoms. The van der Waals surface area contributed by atoms with Crippen LogP contribution in [0.3, 0.4) is 0 Å². The fraction of sp³-hybridized carbons (Fsp3) is 0.385. The Bertz CT molecular complexity index is 1080. The molecular weight excluding hydrogens is 507 g/mol. The summed E-state index contributed by atoms with van der Waals surface area (Å²) in [5.74, 6) is 1.54. The largest absolute Gasteiger partial charge is 0.297 e. The van der Waals surface area contributed by atoms with Crippen molar-refractivity contribution >= 4 is 57.2 Å². The van der Waals surface area contributed by atoms with Gasteiger partial charge in [0.25, 0.3) is 0 Å². The van der Waals surface area contributed by atoms with Crippen LogP contribution in [0.4, 0.5) is 0 Å². The van der Waals surface area contributed by atoms with Crippen LogP contribution < -0.4 is 5.43 Å². The Kier molecular flexibility index (Phi) is 10.2. The first-order chi connectivity index (χ1) is 16.4. The highest BCUT2D eigenvalue weighted by Crippen LogP contribution is 2.39. The highest BCUT2D eigenvalue weighted by Gasteiger charge is 2.31. The maximum Gasteiger partial charge on any atom is 0.142 e. The molecule has 3 rings (SSSR count). The van der Waals surface area contributed by atoms with Gasteiger partial charge >= 0.3 is 0 Å². The van der Waals surface area contributed by atoms with Crippen LogP contribution >= 0.6 is 46.6 Å². The number of rotatable bonds is 11. The summed E-state index contributed by atoms with van der Waals surface area (Å²) < 4.78 is 2.12. The van der Waals surface area contributed by atoms with Gasteiger partial charge in [-0.1, -0.05) is 80.4 Å². The van der Waals surface area contributed by atoms with Crippen molar-refractivity contribution in [3.8, 4) is 5.69 Å². The molecule has 0 aliphatic carbocycles. The van der Waals surface area contributed by atoms with Crippen molar-refractivity contribution in [2.75, 3.05) is 5.88 Å². The molecule has 34 heavy (non-hydrogen) atoms. The topological polar surface area (TPSA) is 42.2 Å². The first kappa shape index (κ1) is 26.9. The van der Waals surface area contributed by atoms with E-state index < -0.39 is 0 Å². The molecule has 0 radical (unpaired) electrons. The van der Waals surface area contributed by atoms with Gasteiger partial charge < -0.3 is 0 Å². The number of hydrazone groups is 1. The molecule has 0 saturated heterocycles. The second-order valence-corrected chi connectivity index (χ2v) is 10.4. The van der Waals surface area contributed by atoms with Gasteiger partial charge in [0.1, 0.15) is 11.2 Å². The molecule has 0 fully saturated rings. The maximum atomic E-state index is 6.38. The second-order valence-electron chi connectivity index (χ2n) is 8.15. The molecule has 1 aliphatic rings. The van der Waals surface area contributed by atoms with Crippen LogP contribution in [-0.4, -0.2) is 20.5 Å². The number of imidazole rings is 1. The summed E-state index contributed by atoms with van der Waals surface area (Å²) in [6.07, 6.45) is 9.85. The molecule has 0 bridgehead atoms. The molecule has 1 unspecified atom stereocenters. The summed E-state index contributed by atoms with van der Waals surface area (Å²) in [5, 5.41) is 7.05. The third-order valence-corrected chi connectivity index (χ3v) is 7.75. The van der Waals surface area contributed by atoms with Crippen LogP contribution in [-0.2, 0) is 0 Å². The number of hydrogen-bond acceptors (Lipinski definition) is 4. The highest BCUT2D eigenvalue weighted by atomic mass is 35.5. The van der Waals surface area contributed by atoms with Crippen molar-refractivity contribution in [1.29, 1.82) is 0 Å². The van der Waals surface area contributed by atoms with Crippen LogP contribution in [0.25, 0.3) is 11.3 Å². The van der Waals surface area contributed by atoms with Crippen LogP contribution in [0.5, 0.6) is 0 Å². The lowest BCUT2D eigenvalue weighted by atomic mass is 10.00. The van der Waals surface area contributed by atoms with Gasteiger partial charge in [0.2, 0.25) is 0 Å². The van der Waals surface area contributed by atoms with E-state index >= 15 is 0 Å². The van der Waals surface area contributed by atoms with E-state index in [0.29, 0.717) is 16.0 Å². The molecule has 2 heterocycles. The lowest BCUT2D eigenvalue weighted by Crippen LogP contribution is -2.10. The van der Waals surface area contributed by atoms with Crippen LogP contribution in [0.1, 0.15) is 62.1 Å². The number of nitrogens with one attached hydrogen (secondary N) is 1. The van der Waals surface area contributed by atoms with E-state index in [1.807, 2.05) is 30.3 Å². The molecule has 1 aromatic heterocycles. The van der Waals surface area contributed by atoms with Crippen LogP contribution in [0.2, 0.25) is 5.02 Å². The Labute approximate surface area is 222 Å². The maximum absolute atomic E-state index is 6.38. The van der Waals surface area contributed by atoms with Crippen molar-refractivity contribution in [2.24, 2.45) is 11.0 Å². The lowest BCUT2D eigenvalue weighted by Gasteiger charge is -2.15. The van der Waals surface area contributed by atoms with E-state index in [2.05, 4.69) is 37.3 Å². The molecule has 0 amide bonds. The monoisotopic (exact) mass is 536 g/mol. The lowest BCUT2D eigenvalue weighted by molar-refractivity contribution is 0.562. The zero-order chi connectivity index (χ0) is 24.7. The van der Waals surface area contributed by atoms with Gasteiger partial charge in [-0.2, -0.15) is 5.10 Å². The number of hydrogen-bond donors (Lipinski definition) is 1. The quantitative estimate of drug-likeness (QED) is 0.230. The normalized spacial score (nSPS) is 16.7. The van der Waals surface area contributed by atoms with Crippen molar-refractivity contribution in [1.82, 2.24) is 15.0 Å². The number of aromatic nitrogens is 2. The molecule has 182 valence electrons. The summed E-state index contributed by atoms with van der Waals surface area (Å²) in [6, 6.07) is 7.72. The van der Waals surface area contributed by atoms with E-state index in [-0.39, 0.29) is 11.3 Å². The summed E-state index contributed by atoms with van der Waals surface area (Å²) in [6.45, 7) is 10.2. The van der Waals surface area contributed by atoms with E-state index in [4.69, 9.17) is 44.9 Å². The smallest absolute Gasteiger partial charge is 0.142 e. The van der Waals surface area contributed by atoms with Gasteiger partial charge in [-0.05, 0) is 50.1 Å². The Morgan fingerprint density at radius 2 is 1.88 bits per heavy atom. The molecule has 4 nitrogen and oxygen atoms in total. The second kappa shape index (κ2) is 12.9.